The van der Waals surface area contributed by atoms with Crippen molar-refractivity contribution in [2.75, 3.05) is 12.4 Å². The minimum absolute atomic E-state index is 0.139. The number of phenols is 1. The van der Waals surface area contributed by atoms with Crippen LogP contribution in [0.25, 0.3) is 0 Å². The van der Waals surface area contributed by atoms with Gasteiger partial charge in [-0.2, -0.15) is 0 Å². The molecule has 0 amide bonds. The van der Waals surface area contributed by atoms with Crippen LogP contribution in [-0.2, 0) is 6.54 Å². The van der Waals surface area contributed by atoms with Crippen molar-refractivity contribution in [3.63, 3.8) is 0 Å². The fraction of sp³-hybridized carbons (Fsp3) is 0.125. The van der Waals surface area contributed by atoms with Crippen LogP contribution in [0.15, 0.2) is 42.5 Å². The van der Waals surface area contributed by atoms with E-state index in [0.717, 1.165) is 16.8 Å². The Kier molecular flexibility index (Phi) is 3.94. The Hall–Kier alpha value is -2.60. The number of aromatic hydroxyl groups is 1. The van der Waals surface area contributed by atoms with Crippen LogP contribution >= 0.6 is 0 Å². The lowest BCUT2D eigenvalue weighted by molar-refractivity contribution is 0.373. The van der Waals surface area contributed by atoms with Crippen molar-refractivity contribution < 1.29 is 9.84 Å². The van der Waals surface area contributed by atoms with E-state index < -0.39 is 0 Å². The van der Waals surface area contributed by atoms with Gasteiger partial charge in [0.25, 0.3) is 0 Å². The number of methoxy groups -OCH3 is 1. The number of ether oxygens (including phenoxy) is 1. The first-order valence-electron chi connectivity index (χ1n) is 5.89. The van der Waals surface area contributed by atoms with Crippen molar-refractivity contribution in [3.05, 3.63) is 53.6 Å². The highest BCUT2D eigenvalue weighted by atomic mass is 16.5. The Bertz CT molecular complexity index is 614. The summed E-state index contributed by atoms with van der Waals surface area (Å²) < 4.78 is 5.07. The van der Waals surface area contributed by atoms with Crippen LogP contribution in [0.2, 0.25) is 0 Å². The molecule has 0 aliphatic rings. The normalized spacial score (nSPS) is 9.68. The number of hydrogen-bond acceptors (Lipinski definition) is 3. The minimum atomic E-state index is 0.139. The summed E-state index contributed by atoms with van der Waals surface area (Å²) in [5, 5.41) is 12.8. The highest BCUT2D eigenvalue weighted by Crippen LogP contribution is 2.26. The predicted octanol–water partition coefficient (Wildman–Crippen LogP) is 2.99. The molecule has 3 nitrogen and oxygen atoms in total. The summed E-state index contributed by atoms with van der Waals surface area (Å²) in [4.78, 5) is 0. The summed E-state index contributed by atoms with van der Waals surface area (Å²) in [6.07, 6.45) is 5.36. The Balaban J connectivity index is 2.08. The first kappa shape index (κ1) is 12.8. The van der Waals surface area contributed by atoms with E-state index in [0.29, 0.717) is 12.3 Å². The molecule has 0 aromatic heterocycles. The molecule has 2 N–H and O–H groups in total. The lowest BCUT2D eigenvalue weighted by Crippen LogP contribution is -2.00. The first-order valence-corrected chi connectivity index (χ1v) is 5.89. The molecule has 3 heteroatoms. The van der Waals surface area contributed by atoms with E-state index in [1.165, 1.54) is 7.11 Å². The molecule has 0 heterocycles. The van der Waals surface area contributed by atoms with Gasteiger partial charge in [-0.1, -0.05) is 18.1 Å². The second-order valence-electron chi connectivity index (χ2n) is 4.08. The number of terminal acetylenes is 1. The van der Waals surface area contributed by atoms with Crippen molar-refractivity contribution >= 4 is 5.69 Å². The van der Waals surface area contributed by atoms with Gasteiger partial charge in [-0.15, -0.1) is 6.42 Å². The molecule has 0 radical (unpaired) electrons. The molecule has 96 valence electrons. The predicted molar refractivity (Wildman–Crippen MR) is 76.4 cm³/mol. The molecular formula is C16H15NO2. The summed E-state index contributed by atoms with van der Waals surface area (Å²) in [6, 6.07) is 12.9. The van der Waals surface area contributed by atoms with E-state index in [1.54, 1.807) is 12.1 Å². The molecule has 2 aromatic rings. The lowest BCUT2D eigenvalue weighted by atomic mass is 10.1. The summed E-state index contributed by atoms with van der Waals surface area (Å²) in [5.41, 5.74) is 2.82. The smallest absolute Gasteiger partial charge is 0.160 e. The maximum absolute atomic E-state index is 9.52. The number of phenolic OH excluding ortho intramolecular Hbond substituents is 1. The third-order valence-corrected chi connectivity index (χ3v) is 2.77. The molecule has 19 heavy (non-hydrogen) atoms. The molecule has 0 saturated carbocycles. The van der Waals surface area contributed by atoms with Gasteiger partial charge in [0, 0.05) is 17.8 Å². The van der Waals surface area contributed by atoms with E-state index in [1.807, 2.05) is 30.3 Å². The minimum Gasteiger partial charge on any atom is -0.504 e. The van der Waals surface area contributed by atoms with Gasteiger partial charge in [-0.3, -0.25) is 0 Å². The van der Waals surface area contributed by atoms with Crippen LogP contribution in [0, 0.1) is 12.3 Å². The highest BCUT2D eigenvalue weighted by molar-refractivity contribution is 5.51. The molecule has 0 fully saturated rings. The van der Waals surface area contributed by atoms with Gasteiger partial charge < -0.3 is 15.2 Å². The second kappa shape index (κ2) is 5.83. The summed E-state index contributed by atoms with van der Waals surface area (Å²) in [5.74, 6) is 3.21. The van der Waals surface area contributed by atoms with Gasteiger partial charge in [0.15, 0.2) is 11.5 Å². The van der Waals surface area contributed by atoms with Gasteiger partial charge in [-0.25, -0.2) is 0 Å². The van der Waals surface area contributed by atoms with Crippen molar-refractivity contribution in [1.82, 2.24) is 0 Å². The molecule has 0 spiro atoms. The fourth-order valence-electron chi connectivity index (χ4n) is 1.76. The van der Waals surface area contributed by atoms with Crippen molar-refractivity contribution in [1.29, 1.82) is 0 Å². The Morgan fingerprint density at radius 3 is 2.84 bits per heavy atom. The van der Waals surface area contributed by atoms with Crippen molar-refractivity contribution in [3.8, 4) is 23.8 Å². The SMILES string of the molecule is C#Cc1cccc(NCc2ccc(O)c(OC)c2)c1. The van der Waals surface area contributed by atoms with Crippen LogP contribution in [0.4, 0.5) is 5.69 Å². The average Bonchev–Trinajstić information content (AvgIpc) is 2.46. The molecule has 0 aliphatic heterocycles. The van der Waals surface area contributed by atoms with E-state index in [2.05, 4.69) is 11.2 Å². The Morgan fingerprint density at radius 1 is 1.26 bits per heavy atom. The number of anilines is 1. The standard InChI is InChI=1S/C16H15NO2/c1-3-12-5-4-6-14(9-12)17-11-13-7-8-15(18)16(10-13)19-2/h1,4-10,17-18H,11H2,2H3. The van der Waals surface area contributed by atoms with E-state index in [4.69, 9.17) is 11.2 Å². The Labute approximate surface area is 112 Å². The molecule has 0 aliphatic carbocycles. The first-order chi connectivity index (χ1) is 9.22. The molecule has 0 unspecified atom stereocenters. The average molecular weight is 253 g/mol. The molecule has 2 aromatic carbocycles. The lowest BCUT2D eigenvalue weighted by Gasteiger charge is -2.09. The molecule has 2 rings (SSSR count). The topological polar surface area (TPSA) is 41.5 Å². The largest absolute Gasteiger partial charge is 0.504 e. The van der Waals surface area contributed by atoms with Gasteiger partial charge in [0.1, 0.15) is 0 Å². The van der Waals surface area contributed by atoms with Crippen LogP contribution in [0.1, 0.15) is 11.1 Å². The molecule has 0 bridgehead atoms. The summed E-state index contributed by atoms with van der Waals surface area (Å²) >= 11 is 0. The number of hydrogen-bond donors (Lipinski definition) is 2. The third-order valence-electron chi connectivity index (χ3n) is 2.77. The number of rotatable bonds is 4. The zero-order chi connectivity index (χ0) is 13.7. The number of benzene rings is 2. The second-order valence-corrected chi connectivity index (χ2v) is 4.08. The highest BCUT2D eigenvalue weighted by Gasteiger charge is 2.02. The fourth-order valence-corrected chi connectivity index (χ4v) is 1.76. The van der Waals surface area contributed by atoms with Crippen LogP contribution in [0.3, 0.4) is 0 Å². The number of nitrogens with one attached hydrogen (secondary N) is 1. The molecular weight excluding hydrogens is 238 g/mol. The zero-order valence-corrected chi connectivity index (χ0v) is 10.7. The van der Waals surface area contributed by atoms with Gasteiger partial charge in [-0.05, 0) is 35.9 Å². The molecule has 0 atom stereocenters. The summed E-state index contributed by atoms with van der Waals surface area (Å²) in [6.45, 7) is 0.630. The van der Waals surface area contributed by atoms with E-state index >= 15 is 0 Å². The molecule has 0 saturated heterocycles. The van der Waals surface area contributed by atoms with Crippen molar-refractivity contribution in [2.45, 2.75) is 6.54 Å². The maximum atomic E-state index is 9.52. The monoisotopic (exact) mass is 253 g/mol. The van der Waals surface area contributed by atoms with Crippen LogP contribution in [-0.4, -0.2) is 12.2 Å². The van der Waals surface area contributed by atoms with Crippen molar-refractivity contribution in [2.24, 2.45) is 0 Å². The Morgan fingerprint density at radius 2 is 2.11 bits per heavy atom. The van der Waals surface area contributed by atoms with Gasteiger partial charge >= 0.3 is 0 Å². The third kappa shape index (κ3) is 3.20. The quantitative estimate of drug-likeness (QED) is 0.823. The maximum Gasteiger partial charge on any atom is 0.160 e. The zero-order valence-electron chi connectivity index (χ0n) is 10.7. The summed E-state index contributed by atoms with van der Waals surface area (Å²) in [7, 11) is 1.53. The van der Waals surface area contributed by atoms with Gasteiger partial charge in [0.05, 0.1) is 7.11 Å². The van der Waals surface area contributed by atoms with E-state index in [-0.39, 0.29) is 5.75 Å². The van der Waals surface area contributed by atoms with E-state index in [9.17, 15) is 5.11 Å². The van der Waals surface area contributed by atoms with Gasteiger partial charge in [0.2, 0.25) is 0 Å². The van der Waals surface area contributed by atoms with Crippen LogP contribution < -0.4 is 10.1 Å². The van der Waals surface area contributed by atoms with Crippen LogP contribution in [0.5, 0.6) is 11.5 Å².